The van der Waals surface area contributed by atoms with Gasteiger partial charge in [-0.15, -0.1) is 0 Å². The number of carboxylic acids is 1. The highest BCUT2D eigenvalue weighted by Gasteiger charge is 2.29. The summed E-state index contributed by atoms with van der Waals surface area (Å²) in [4.78, 5) is 51.1. The molecule has 0 fully saturated rings. The fraction of sp³-hybridized carbons (Fsp3) is 0.577. The van der Waals surface area contributed by atoms with E-state index in [9.17, 15) is 29.4 Å². The lowest BCUT2D eigenvalue weighted by atomic mass is 10.0. The Bertz CT molecular complexity index is 1100. The van der Waals surface area contributed by atoms with Crippen LogP contribution in [-0.4, -0.2) is 88.6 Å². The van der Waals surface area contributed by atoms with Gasteiger partial charge in [-0.05, 0) is 31.4 Å². The number of nitrogens with two attached hydrogens (primary N) is 2. The highest BCUT2D eigenvalue weighted by atomic mass is 16.4. The first-order chi connectivity index (χ1) is 18.8. The van der Waals surface area contributed by atoms with Crippen molar-refractivity contribution < 1.29 is 33.8 Å². The van der Waals surface area contributed by atoms with E-state index in [1.165, 1.54) is 6.92 Å². The second-order valence-electron chi connectivity index (χ2n) is 10.3. The summed E-state index contributed by atoms with van der Waals surface area (Å²) in [5.41, 5.74) is 12.0. The third kappa shape index (κ3) is 10.3. The topological polar surface area (TPSA) is 237 Å². The fourth-order valence-electron chi connectivity index (χ4n) is 4.04. The number of aliphatic hydroxyl groups is 1. The Morgan fingerprint density at radius 1 is 1.05 bits per heavy atom. The van der Waals surface area contributed by atoms with Crippen molar-refractivity contribution in [2.75, 3.05) is 19.6 Å². The van der Waals surface area contributed by atoms with Gasteiger partial charge in [-0.2, -0.15) is 0 Å². The highest BCUT2D eigenvalue weighted by molar-refractivity contribution is 5.90. The molecule has 0 aromatic carbocycles. The summed E-state index contributed by atoms with van der Waals surface area (Å²) >= 11 is 0. The lowest BCUT2D eigenvalue weighted by Crippen LogP contribution is -2.54. The fourth-order valence-corrected chi connectivity index (χ4v) is 4.04. The van der Waals surface area contributed by atoms with Crippen molar-refractivity contribution in [3.8, 4) is 0 Å². The first kappa shape index (κ1) is 32.3. The van der Waals surface area contributed by atoms with E-state index in [1.54, 1.807) is 23.1 Å². The van der Waals surface area contributed by atoms with Gasteiger partial charge in [0.2, 0.25) is 17.7 Å². The van der Waals surface area contributed by atoms with Gasteiger partial charge in [0.1, 0.15) is 29.6 Å². The molecular formula is C26H41N7O7. The van der Waals surface area contributed by atoms with Crippen molar-refractivity contribution in [1.29, 1.82) is 5.41 Å². The lowest BCUT2D eigenvalue weighted by molar-refractivity contribution is -0.142. The van der Waals surface area contributed by atoms with Crippen LogP contribution < -0.4 is 27.4 Å². The molecule has 1 aromatic heterocycles. The Hall–Kier alpha value is -3.91. The van der Waals surface area contributed by atoms with Crippen molar-refractivity contribution in [3.05, 3.63) is 35.3 Å². The van der Waals surface area contributed by atoms with Crippen molar-refractivity contribution in [1.82, 2.24) is 20.9 Å². The monoisotopic (exact) mass is 563 g/mol. The SMILES string of the molecule is CC(C)Cc1ccc(CC(NC(=O)CCNC(=O)C(CC2=CCN(C(=N)N)C2)NC(=O)C(N)C(C)O)C(=O)O)o1. The number of aliphatic carboxylic acids is 1. The maximum atomic E-state index is 12.9. The molecule has 0 radical (unpaired) electrons. The van der Waals surface area contributed by atoms with Crippen LogP contribution in [0.5, 0.6) is 0 Å². The number of carbonyl (C=O) groups excluding carboxylic acids is 3. The Kier molecular flexibility index (Phi) is 12.1. The number of carboxylic acid groups (broad SMARTS) is 1. The van der Waals surface area contributed by atoms with Crippen LogP contribution in [0, 0.1) is 11.3 Å². The van der Waals surface area contributed by atoms with E-state index in [1.807, 2.05) is 13.8 Å². The number of nitrogens with zero attached hydrogens (tertiary/aromatic N) is 1. The zero-order chi connectivity index (χ0) is 30.0. The predicted molar refractivity (Wildman–Crippen MR) is 146 cm³/mol. The Morgan fingerprint density at radius 2 is 1.70 bits per heavy atom. The van der Waals surface area contributed by atoms with E-state index >= 15 is 0 Å². The van der Waals surface area contributed by atoms with Gasteiger partial charge < -0.3 is 46.9 Å². The van der Waals surface area contributed by atoms with Crippen molar-refractivity contribution >= 4 is 29.7 Å². The number of carbonyl (C=O) groups is 4. The van der Waals surface area contributed by atoms with Gasteiger partial charge >= 0.3 is 5.97 Å². The standard InChI is InChI=1S/C26H41N7O7/c1-14(2)10-17-4-5-18(40-17)12-20(25(38)39)31-21(35)6-8-30-23(36)19(32-24(37)22(27)15(3)34)11-16-7-9-33(13-16)26(28)29/h4-5,7,14-15,19-20,22,34H,6,8-13,27H2,1-3H3,(H3,28,29)(H,30,36)(H,31,35)(H,32,37)(H,38,39). The molecule has 0 saturated carbocycles. The summed E-state index contributed by atoms with van der Waals surface area (Å²) in [6.07, 6.45) is 1.23. The van der Waals surface area contributed by atoms with Gasteiger partial charge in [0, 0.05) is 38.9 Å². The summed E-state index contributed by atoms with van der Waals surface area (Å²) in [6.45, 7) is 6.01. The smallest absolute Gasteiger partial charge is 0.326 e. The molecule has 40 heavy (non-hydrogen) atoms. The molecule has 4 atom stereocenters. The van der Waals surface area contributed by atoms with Crippen LogP contribution in [0.25, 0.3) is 0 Å². The summed E-state index contributed by atoms with van der Waals surface area (Å²) in [6, 6.07) is -0.0597. The summed E-state index contributed by atoms with van der Waals surface area (Å²) in [7, 11) is 0. The number of hydrogen-bond donors (Lipinski definition) is 8. The molecule has 222 valence electrons. The molecule has 1 aromatic rings. The second-order valence-corrected chi connectivity index (χ2v) is 10.3. The minimum absolute atomic E-state index is 0.0322. The molecule has 0 bridgehead atoms. The minimum atomic E-state index is -1.25. The molecule has 0 saturated heterocycles. The van der Waals surface area contributed by atoms with E-state index in [0.717, 1.165) is 11.3 Å². The Balaban J connectivity index is 1.93. The van der Waals surface area contributed by atoms with E-state index in [-0.39, 0.29) is 31.8 Å². The van der Waals surface area contributed by atoms with Gasteiger partial charge in [-0.25, -0.2) is 4.79 Å². The van der Waals surface area contributed by atoms with Crippen molar-refractivity contribution in [3.63, 3.8) is 0 Å². The van der Waals surface area contributed by atoms with Gasteiger partial charge in [0.25, 0.3) is 0 Å². The Labute approximate surface area is 233 Å². The third-order valence-corrected chi connectivity index (χ3v) is 6.27. The van der Waals surface area contributed by atoms with E-state index in [4.69, 9.17) is 21.3 Å². The quantitative estimate of drug-likeness (QED) is 0.0721. The number of aliphatic hydroxyl groups excluding tert-OH is 1. The lowest BCUT2D eigenvalue weighted by Gasteiger charge is -2.23. The average Bonchev–Trinajstić information content (AvgIpc) is 3.51. The molecule has 0 aliphatic carbocycles. The van der Waals surface area contributed by atoms with E-state index in [0.29, 0.717) is 31.2 Å². The zero-order valence-corrected chi connectivity index (χ0v) is 23.1. The van der Waals surface area contributed by atoms with Gasteiger partial charge in [-0.3, -0.25) is 19.8 Å². The molecule has 3 amide bonds. The molecule has 4 unspecified atom stereocenters. The number of hydrogen-bond acceptors (Lipinski definition) is 8. The number of nitrogens with one attached hydrogen (secondary N) is 4. The van der Waals surface area contributed by atoms with E-state index in [2.05, 4.69) is 16.0 Å². The molecule has 14 nitrogen and oxygen atoms in total. The molecule has 10 N–H and O–H groups in total. The first-order valence-electron chi connectivity index (χ1n) is 13.1. The minimum Gasteiger partial charge on any atom is -0.480 e. The summed E-state index contributed by atoms with van der Waals surface area (Å²) < 4.78 is 5.68. The normalized spacial score (nSPS) is 16.1. The number of furan rings is 1. The molecule has 0 spiro atoms. The molecule has 2 rings (SSSR count). The van der Waals surface area contributed by atoms with Crippen molar-refractivity contribution in [2.24, 2.45) is 17.4 Å². The van der Waals surface area contributed by atoms with Crippen LogP contribution in [0.4, 0.5) is 0 Å². The summed E-state index contributed by atoms with van der Waals surface area (Å²) in [5.74, 6) is -1.71. The van der Waals surface area contributed by atoms with Crippen LogP contribution in [0.1, 0.15) is 45.1 Å². The van der Waals surface area contributed by atoms with Crippen LogP contribution in [0.3, 0.4) is 0 Å². The highest BCUT2D eigenvalue weighted by Crippen LogP contribution is 2.16. The van der Waals surface area contributed by atoms with Crippen LogP contribution in [0.2, 0.25) is 0 Å². The van der Waals surface area contributed by atoms with Crippen LogP contribution in [0.15, 0.2) is 28.2 Å². The number of amides is 3. The van der Waals surface area contributed by atoms with Gasteiger partial charge in [0.05, 0.1) is 6.10 Å². The largest absolute Gasteiger partial charge is 0.480 e. The molecule has 1 aliphatic rings. The maximum Gasteiger partial charge on any atom is 0.326 e. The summed E-state index contributed by atoms with van der Waals surface area (Å²) in [5, 5.41) is 34.3. The molecule has 14 heteroatoms. The van der Waals surface area contributed by atoms with Crippen LogP contribution in [-0.2, 0) is 32.0 Å². The zero-order valence-electron chi connectivity index (χ0n) is 23.1. The van der Waals surface area contributed by atoms with Gasteiger partial charge in [-0.1, -0.05) is 25.5 Å². The first-order valence-corrected chi connectivity index (χ1v) is 13.1. The molecule has 1 aliphatic heterocycles. The average molecular weight is 564 g/mol. The van der Waals surface area contributed by atoms with Crippen molar-refractivity contribution in [2.45, 2.75) is 70.7 Å². The molecular weight excluding hydrogens is 522 g/mol. The van der Waals surface area contributed by atoms with Gasteiger partial charge in [0.15, 0.2) is 5.96 Å². The number of guanidine groups is 1. The number of rotatable bonds is 15. The third-order valence-electron chi connectivity index (χ3n) is 6.27. The molecule has 2 heterocycles. The second kappa shape index (κ2) is 15.0. The Morgan fingerprint density at radius 3 is 2.25 bits per heavy atom. The van der Waals surface area contributed by atoms with Crippen LogP contribution >= 0.6 is 0 Å². The predicted octanol–water partition coefficient (Wildman–Crippen LogP) is -1.19. The van der Waals surface area contributed by atoms with E-state index < -0.39 is 47.9 Å². The maximum absolute atomic E-state index is 12.9.